The highest BCUT2D eigenvalue weighted by molar-refractivity contribution is 6.61. The van der Waals surface area contributed by atoms with Gasteiger partial charge >= 0.3 is 7.12 Å². The molecule has 0 bridgehead atoms. The molecular weight excluding hydrogens is 191 g/mol. The van der Waals surface area contributed by atoms with E-state index in [1.165, 1.54) is 0 Å². The largest absolute Gasteiger partial charge is 0.514 e. The predicted molar refractivity (Wildman–Crippen MR) is 58.9 cm³/mol. The highest BCUT2D eigenvalue weighted by Crippen LogP contribution is 2.36. The summed E-state index contributed by atoms with van der Waals surface area (Å²) in [5.41, 5.74) is -1.36. The molecule has 1 fully saturated rings. The second-order valence-corrected chi connectivity index (χ2v) is 4.62. The van der Waals surface area contributed by atoms with Crippen LogP contribution in [0.1, 0.15) is 34.5 Å². The standard InChI is InChI=1S/C10H17BN2O2/c1-9(2)10(3,4)15-11(14-9)8-6-7-12-13(8)5/h6-7H,1-5H3/i5D3,6D,7D. The lowest BCUT2D eigenvalue weighted by Gasteiger charge is -2.32. The highest BCUT2D eigenvalue weighted by Gasteiger charge is 2.52. The minimum Gasteiger partial charge on any atom is -0.398 e. The molecule has 0 unspecified atom stereocenters. The molecule has 1 aromatic heterocycles. The molecule has 0 atom stereocenters. The van der Waals surface area contributed by atoms with Crippen LogP contribution in [0.5, 0.6) is 0 Å². The zero-order valence-corrected chi connectivity index (χ0v) is 9.29. The first-order chi connectivity index (χ1) is 8.87. The van der Waals surface area contributed by atoms with Gasteiger partial charge in [-0.1, -0.05) is 0 Å². The van der Waals surface area contributed by atoms with Gasteiger partial charge in [-0.25, -0.2) is 0 Å². The van der Waals surface area contributed by atoms with E-state index in [0.717, 1.165) is 0 Å². The summed E-state index contributed by atoms with van der Waals surface area (Å²) in [6.45, 7) is 4.72. The Morgan fingerprint density at radius 2 is 2.00 bits per heavy atom. The maximum absolute atomic E-state index is 7.84. The van der Waals surface area contributed by atoms with Crippen molar-refractivity contribution in [2.45, 2.75) is 38.9 Å². The molecule has 1 aliphatic heterocycles. The number of nitrogens with zero attached hydrogens (tertiary/aromatic N) is 2. The Labute approximate surface area is 97.7 Å². The van der Waals surface area contributed by atoms with Crippen LogP contribution in [0.2, 0.25) is 0 Å². The van der Waals surface area contributed by atoms with Gasteiger partial charge in [0.2, 0.25) is 0 Å². The zero-order chi connectivity index (χ0) is 15.5. The van der Waals surface area contributed by atoms with Gasteiger partial charge in [-0.15, -0.1) is 0 Å². The fraction of sp³-hybridized carbons (Fsp3) is 0.700. The summed E-state index contributed by atoms with van der Waals surface area (Å²) in [6.07, 6.45) is -0.411. The third-order valence-electron chi connectivity index (χ3n) is 3.04. The molecule has 0 N–H and O–H groups in total. The van der Waals surface area contributed by atoms with Crippen LogP contribution in [0.25, 0.3) is 0 Å². The third kappa shape index (κ3) is 1.60. The van der Waals surface area contributed by atoms with E-state index >= 15 is 0 Å². The first-order valence-electron chi connectivity index (χ1n) is 7.29. The minimum atomic E-state index is -2.59. The third-order valence-corrected chi connectivity index (χ3v) is 3.04. The maximum atomic E-state index is 7.84. The molecule has 4 nitrogen and oxygen atoms in total. The van der Waals surface area contributed by atoms with Crippen molar-refractivity contribution in [2.24, 2.45) is 6.98 Å². The first kappa shape index (κ1) is 6.06. The van der Waals surface area contributed by atoms with Crippen molar-refractivity contribution in [3.63, 3.8) is 0 Å². The average molecular weight is 213 g/mol. The topological polar surface area (TPSA) is 36.3 Å². The van der Waals surface area contributed by atoms with E-state index in [9.17, 15) is 0 Å². The summed E-state index contributed by atoms with van der Waals surface area (Å²) >= 11 is 0. The molecular formula is C10H17BN2O2. The fourth-order valence-electron chi connectivity index (χ4n) is 1.35. The number of aromatic nitrogens is 2. The second-order valence-electron chi connectivity index (χ2n) is 4.62. The van der Waals surface area contributed by atoms with E-state index in [0.29, 0.717) is 4.68 Å². The molecule has 1 aliphatic rings. The zero-order valence-electron chi connectivity index (χ0n) is 14.3. The van der Waals surface area contributed by atoms with Crippen molar-refractivity contribution in [3.05, 3.63) is 12.2 Å². The van der Waals surface area contributed by atoms with Gasteiger partial charge in [-0.3, -0.25) is 4.68 Å². The Hall–Kier alpha value is -0.805. The van der Waals surface area contributed by atoms with Gasteiger partial charge in [0.1, 0.15) is 0 Å². The SMILES string of the molecule is [2H]c1nn(C([2H])([2H])[2H])c(B2OC(C)(C)C(C)(C)O2)c1[2H]. The van der Waals surface area contributed by atoms with Gasteiger partial charge in [-0.05, 0) is 33.7 Å². The first-order valence-corrected chi connectivity index (χ1v) is 4.79. The van der Waals surface area contributed by atoms with E-state index in [-0.39, 0.29) is 11.6 Å². The quantitative estimate of drug-likeness (QED) is 0.645. The second kappa shape index (κ2) is 3.09. The van der Waals surface area contributed by atoms with Crippen LogP contribution in [0.15, 0.2) is 12.2 Å². The van der Waals surface area contributed by atoms with Gasteiger partial charge in [0.15, 0.2) is 0 Å². The van der Waals surface area contributed by atoms with Crippen LogP contribution in [0.4, 0.5) is 0 Å². The molecule has 15 heavy (non-hydrogen) atoms. The highest BCUT2D eigenvalue weighted by atomic mass is 16.7. The van der Waals surface area contributed by atoms with Crippen molar-refractivity contribution >= 4 is 12.7 Å². The predicted octanol–water partition coefficient (Wildman–Crippen LogP) is 0.719. The van der Waals surface area contributed by atoms with Crippen LogP contribution >= 0.6 is 0 Å². The van der Waals surface area contributed by atoms with Crippen LogP contribution in [0.3, 0.4) is 0 Å². The summed E-state index contributed by atoms with van der Waals surface area (Å²) in [5.74, 6) is 0. The minimum absolute atomic E-state index is 0.0475. The Balaban J connectivity index is 2.50. The van der Waals surface area contributed by atoms with Crippen molar-refractivity contribution in [1.29, 1.82) is 0 Å². The van der Waals surface area contributed by atoms with E-state index in [1.54, 1.807) is 0 Å². The van der Waals surface area contributed by atoms with Gasteiger partial charge in [-0.2, -0.15) is 5.10 Å². The van der Waals surface area contributed by atoms with E-state index < -0.39 is 31.5 Å². The van der Waals surface area contributed by atoms with Crippen molar-refractivity contribution in [1.82, 2.24) is 9.78 Å². The van der Waals surface area contributed by atoms with Crippen LogP contribution < -0.4 is 5.59 Å². The van der Waals surface area contributed by atoms with Gasteiger partial charge < -0.3 is 9.31 Å². The molecule has 0 radical (unpaired) electrons. The number of aryl methyl sites for hydroxylation is 1. The summed E-state index contributed by atoms with van der Waals surface area (Å²) in [7, 11) is -1.03. The van der Waals surface area contributed by atoms with Crippen LogP contribution in [-0.4, -0.2) is 28.1 Å². The monoisotopic (exact) mass is 213 g/mol. The van der Waals surface area contributed by atoms with Crippen LogP contribution in [0, 0.1) is 0 Å². The van der Waals surface area contributed by atoms with Crippen LogP contribution in [-0.2, 0) is 16.3 Å². The lowest BCUT2D eigenvalue weighted by molar-refractivity contribution is 0.00578. The molecule has 0 spiro atoms. The number of hydrogen-bond donors (Lipinski definition) is 0. The van der Waals surface area contributed by atoms with E-state index in [1.807, 2.05) is 27.7 Å². The average Bonchev–Trinajstić information content (AvgIpc) is 2.63. The molecule has 1 saturated heterocycles. The fourth-order valence-corrected chi connectivity index (χ4v) is 1.35. The molecule has 2 heterocycles. The number of hydrogen-bond acceptors (Lipinski definition) is 3. The normalized spacial score (nSPS) is 29.1. The molecule has 1 aromatic rings. The molecule has 0 aromatic carbocycles. The van der Waals surface area contributed by atoms with Gasteiger partial charge in [0.25, 0.3) is 0 Å². The molecule has 82 valence electrons. The van der Waals surface area contributed by atoms with E-state index in [2.05, 4.69) is 5.10 Å². The Morgan fingerprint density at radius 3 is 2.53 bits per heavy atom. The molecule has 2 rings (SSSR count). The number of rotatable bonds is 1. The van der Waals surface area contributed by atoms with Gasteiger partial charge in [0, 0.05) is 17.3 Å². The summed E-state index contributed by atoms with van der Waals surface area (Å²) in [4.78, 5) is 0. The Morgan fingerprint density at radius 1 is 1.40 bits per heavy atom. The smallest absolute Gasteiger partial charge is 0.398 e. The van der Waals surface area contributed by atoms with Crippen molar-refractivity contribution < 1.29 is 16.2 Å². The summed E-state index contributed by atoms with van der Waals surface area (Å²) in [5, 5.41) is 3.59. The lowest BCUT2D eigenvalue weighted by atomic mass is 9.85. The molecule has 0 aliphatic carbocycles. The molecule has 0 saturated carbocycles. The molecule has 5 heteroatoms. The molecule has 0 amide bonds. The lowest BCUT2D eigenvalue weighted by Crippen LogP contribution is -2.41. The summed E-state index contributed by atoms with van der Waals surface area (Å²) in [6, 6.07) is -0.292. The maximum Gasteiger partial charge on any atom is 0.514 e. The van der Waals surface area contributed by atoms with E-state index in [4.69, 9.17) is 16.2 Å². The van der Waals surface area contributed by atoms with Crippen molar-refractivity contribution in [3.8, 4) is 0 Å². The van der Waals surface area contributed by atoms with Crippen molar-refractivity contribution in [2.75, 3.05) is 0 Å². The summed E-state index contributed by atoms with van der Waals surface area (Å²) < 4.78 is 49.9. The van der Waals surface area contributed by atoms with Gasteiger partial charge in [0.05, 0.1) is 19.5 Å². The Kier molecular flexibility index (Phi) is 1.25. The Bertz CT molecular complexity index is 524.